The molecule has 0 radical (unpaired) electrons. The molecule has 4 rings (SSSR count). The second-order valence-electron chi connectivity index (χ2n) is 4.87. The zero-order valence-electron chi connectivity index (χ0n) is 12.1. The van der Waals surface area contributed by atoms with Crippen molar-refractivity contribution >= 4 is 0 Å². The normalized spacial score (nSPS) is 10.6. The van der Waals surface area contributed by atoms with Gasteiger partial charge in [-0.05, 0) is 36.4 Å². The van der Waals surface area contributed by atoms with Gasteiger partial charge in [0, 0.05) is 42.1 Å². The molecule has 0 aliphatic rings. The van der Waals surface area contributed by atoms with Crippen molar-refractivity contribution in [2.24, 2.45) is 0 Å². The molecule has 0 aliphatic carbocycles. The summed E-state index contributed by atoms with van der Waals surface area (Å²) in [4.78, 5) is 12.3. The lowest BCUT2D eigenvalue weighted by Crippen LogP contribution is -2.00. The van der Waals surface area contributed by atoms with Crippen LogP contribution in [0.2, 0.25) is 0 Å². The van der Waals surface area contributed by atoms with Gasteiger partial charge in [0.2, 0.25) is 0 Å². The molecule has 23 heavy (non-hydrogen) atoms. The van der Waals surface area contributed by atoms with E-state index >= 15 is 0 Å². The molecular weight excluding hydrogens is 288 g/mol. The first-order valence-corrected chi connectivity index (χ1v) is 7.10. The molecule has 6 nitrogen and oxygen atoms in total. The fourth-order valence-corrected chi connectivity index (χ4v) is 2.39. The van der Waals surface area contributed by atoms with E-state index in [1.807, 2.05) is 41.0 Å². The van der Waals surface area contributed by atoms with E-state index in [0.29, 0.717) is 0 Å². The average molecular weight is 300 g/mol. The molecule has 4 heterocycles. The molecule has 0 aliphatic heterocycles. The minimum absolute atomic E-state index is 0.743. The van der Waals surface area contributed by atoms with Gasteiger partial charge in [0.1, 0.15) is 0 Å². The quantitative estimate of drug-likeness (QED) is 0.582. The van der Waals surface area contributed by atoms with Crippen LogP contribution in [0.25, 0.3) is 28.5 Å². The van der Waals surface area contributed by atoms with Crippen molar-refractivity contribution in [3.8, 4) is 28.5 Å². The first kappa shape index (κ1) is 13.3. The minimum atomic E-state index is 0.743. The number of rotatable bonds is 3. The highest BCUT2D eigenvalue weighted by Gasteiger charge is 2.16. The fourth-order valence-electron chi connectivity index (χ4n) is 2.39. The highest BCUT2D eigenvalue weighted by Crippen LogP contribution is 2.27. The molecule has 4 aromatic rings. The van der Waals surface area contributed by atoms with Crippen LogP contribution in [-0.2, 0) is 0 Å². The summed E-state index contributed by atoms with van der Waals surface area (Å²) in [5.74, 6) is 1.49. The zero-order chi connectivity index (χ0) is 15.5. The maximum absolute atomic E-state index is 4.38. The molecule has 0 saturated heterocycles. The van der Waals surface area contributed by atoms with Crippen molar-refractivity contribution < 1.29 is 0 Å². The monoisotopic (exact) mass is 300 g/mol. The molecule has 0 spiro atoms. The van der Waals surface area contributed by atoms with E-state index in [9.17, 15) is 0 Å². The van der Waals surface area contributed by atoms with E-state index in [0.717, 1.165) is 28.5 Å². The van der Waals surface area contributed by atoms with Crippen molar-refractivity contribution in [2.45, 2.75) is 0 Å². The SMILES string of the molecule is c1cncc(-n2c(-c3ccncc3)nnc2-c2ccncc2)c1. The summed E-state index contributed by atoms with van der Waals surface area (Å²) in [5, 5.41) is 8.75. The smallest absolute Gasteiger partial charge is 0.169 e. The predicted molar refractivity (Wildman–Crippen MR) is 85.6 cm³/mol. The maximum Gasteiger partial charge on any atom is 0.169 e. The van der Waals surface area contributed by atoms with Crippen molar-refractivity contribution in [3.63, 3.8) is 0 Å². The summed E-state index contributed by atoms with van der Waals surface area (Å²) in [5.41, 5.74) is 2.78. The van der Waals surface area contributed by atoms with E-state index in [1.54, 1.807) is 37.2 Å². The number of hydrogen-bond donors (Lipinski definition) is 0. The van der Waals surface area contributed by atoms with Crippen LogP contribution in [-0.4, -0.2) is 29.7 Å². The molecule has 0 atom stereocenters. The number of nitrogens with zero attached hydrogens (tertiary/aromatic N) is 6. The summed E-state index contributed by atoms with van der Waals surface area (Å²) >= 11 is 0. The van der Waals surface area contributed by atoms with Crippen LogP contribution in [0.3, 0.4) is 0 Å². The van der Waals surface area contributed by atoms with E-state index in [4.69, 9.17) is 0 Å². The molecule has 0 saturated carbocycles. The van der Waals surface area contributed by atoms with Gasteiger partial charge in [-0.1, -0.05) is 0 Å². The van der Waals surface area contributed by atoms with Crippen LogP contribution < -0.4 is 0 Å². The maximum atomic E-state index is 4.38. The second kappa shape index (κ2) is 5.76. The third-order valence-electron chi connectivity index (χ3n) is 3.44. The summed E-state index contributed by atoms with van der Waals surface area (Å²) in [7, 11) is 0. The Balaban J connectivity index is 1.97. The predicted octanol–water partition coefficient (Wildman–Crippen LogP) is 2.79. The molecule has 0 fully saturated rings. The molecule has 0 unspecified atom stereocenters. The van der Waals surface area contributed by atoms with Crippen molar-refractivity contribution in [3.05, 3.63) is 73.6 Å². The number of aromatic nitrogens is 6. The Morgan fingerprint density at radius 2 is 1.17 bits per heavy atom. The average Bonchev–Trinajstić information content (AvgIpc) is 3.09. The Morgan fingerprint density at radius 3 is 1.65 bits per heavy atom. The van der Waals surface area contributed by atoms with Crippen molar-refractivity contribution in [1.82, 2.24) is 29.7 Å². The Morgan fingerprint density at radius 1 is 0.609 bits per heavy atom. The zero-order valence-corrected chi connectivity index (χ0v) is 12.1. The lowest BCUT2D eigenvalue weighted by molar-refractivity contribution is 1.05. The van der Waals surface area contributed by atoms with E-state index < -0.39 is 0 Å². The highest BCUT2D eigenvalue weighted by molar-refractivity contribution is 5.65. The van der Waals surface area contributed by atoms with E-state index in [-0.39, 0.29) is 0 Å². The van der Waals surface area contributed by atoms with Crippen LogP contribution in [0, 0.1) is 0 Å². The second-order valence-corrected chi connectivity index (χ2v) is 4.87. The minimum Gasteiger partial charge on any atom is -0.273 e. The lowest BCUT2D eigenvalue weighted by Gasteiger charge is -2.10. The van der Waals surface area contributed by atoms with Gasteiger partial charge in [-0.2, -0.15) is 0 Å². The van der Waals surface area contributed by atoms with Crippen LogP contribution in [0.15, 0.2) is 73.6 Å². The summed E-state index contributed by atoms with van der Waals surface area (Å²) in [6.45, 7) is 0. The first-order chi connectivity index (χ1) is 11.4. The van der Waals surface area contributed by atoms with Gasteiger partial charge in [0.25, 0.3) is 0 Å². The van der Waals surface area contributed by atoms with E-state index in [2.05, 4.69) is 25.1 Å². The fraction of sp³-hybridized carbons (Fsp3) is 0. The van der Waals surface area contributed by atoms with Crippen LogP contribution in [0.4, 0.5) is 0 Å². The van der Waals surface area contributed by atoms with Gasteiger partial charge >= 0.3 is 0 Å². The molecular formula is C17H12N6. The molecule has 0 N–H and O–H groups in total. The van der Waals surface area contributed by atoms with Gasteiger partial charge in [-0.15, -0.1) is 10.2 Å². The molecule has 0 amide bonds. The standard InChI is InChI=1S/C17H12N6/c1-2-15(12-20-7-1)23-16(13-3-8-18-9-4-13)21-22-17(23)14-5-10-19-11-6-14/h1-12H. The van der Waals surface area contributed by atoms with Crippen LogP contribution in [0.1, 0.15) is 0 Å². The summed E-state index contributed by atoms with van der Waals surface area (Å²) < 4.78 is 1.98. The van der Waals surface area contributed by atoms with Crippen molar-refractivity contribution in [2.75, 3.05) is 0 Å². The van der Waals surface area contributed by atoms with Gasteiger partial charge in [0.05, 0.1) is 11.9 Å². The molecule has 4 aromatic heterocycles. The number of hydrogen-bond acceptors (Lipinski definition) is 5. The Labute approximate surface area is 132 Å². The summed E-state index contributed by atoms with van der Waals surface area (Å²) in [6, 6.07) is 11.5. The Hall–Kier alpha value is -3.41. The van der Waals surface area contributed by atoms with Gasteiger partial charge < -0.3 is 0 Å². The van der Waals surface area contributed by atoms with E-state index in [1.165, 1.54) is 0 Å². The first-order valence-electron chi connectivity index (χ1n) is 7.10. The highest BCUT2D eigenvalue weighted by atomic mass is 15.3. The number of pyridine rings is 3. The summed E-state index contributed by atoms with van der Waals surface area (Å²) in [6.07, 6.45) is 10.5. The van der Waals surface area contributed by atoms with Crippen molar-refractivity contribution in [1.29, 1.82) is 0 Å². The molecule has 110 valence electrons. The Kier molecular flexibility index (Phi) is 3.32. The molecule has 0 bridgehead atoms. The lowest BCUT2D eigenvalue weighted by atomic mass is 10.2. The van der Waals surface area contributed by atoms with Gasteiger partial charge in [0.15, 0.2) is 11.6 Å². The molecule has 0 aromatic carbocycles. The van der Waals surface area contributed by atoms with Crippen LogP contribution in [0.5, 0.6) is 0 Å². The van der Waals surface area contributed by atoms with Gasteiger partial charge in [-0.25, -0.2) is 0 Å². The third-order valence-corrected chi connectivity index (χ3v) is 3.44. The van der Waals surface area contributed by atoms with Gasteiger partial charge in [-0.3, -0.25) is 19.5 Å². The molecule has 6 heteroatoms. The van der Waals surface area contributed by atoms with Crippen LogP contribution >= 0.6 is 0 Å². The largest absolute Gasteiger partial charge is 0.273 e. The topological polar surface area (TPSA) is 69.4 Å². The Bertz CT molecular complexity index is 847. The third kappa shape index (κ3) is 2.46.